The minimum Gasteiger partial charge on any atom is -0.279 e. The van der Waals surface area contributed by atoms with Gasteiger partial charge in [-0.25, -0.2) is 8.42 Å². The number of nitrogens with one attached hydrogen (secondary N) is 1. The number of sulfonamides is 1. The Morgan fingerprint density at radius 3 is 2.25 bits per heavy atom. The van der Waals surface area contributed by atoms with Crippen molar-refractivity contribution >= 4 is 21.8 Å². The minimum absolute atomic E-state index is 0.309. The topological polar surface area (TPSA) is 70.0 Å². The molecular formula is C19H20N2O2S. The van der Waals surface area contributed by atoms with Gasteiger partial charge in [-0.15, -0.1) is 0 Å². The van der Waals surface area contributed by atoms with Crippen LogP contribution in [0.15, 0.2) is 41.3 Å². The van der Waals surface area contributed by atoms with Crippen molar-refractivity contribution in [3.05, 3.63) is 69.1 Å². The Morgan fingerprint density at radius 1 is 1.00 bits per heavy atom. The van der Waals surface area contributed by atoms with Crippen molar-refractivity contribution in [1.29, 1.82) is 5.26 Å². The number of hydrogen-bond donors (Lipinski definition) is 1. The molecule has 0 unspecified atom stereocenters. The van der Waals surface area contributed by atoms with Gasteiger partial charge in [-0.3, -0.25) is 4.72 Å². The van der Waals surface area contributed by atoms with Gasteiger partial charge < -0.3 is 0 Å². The van der Waals surface area contributed by atoms with Crippen LogP contribution in [0.25, 0.3) is 6.08 Å². The quantitative estimate of drug-likeness (QED) is 0.847. The fraction of sp³-hybridized carbons (Fsp3) is 0.211. The molecule has 5 heteroatoms. The van der Waals surface area contributed by atoms with Gasteiger partial charge in [-0.05, 0) is 56.5 Å². The molecule has 24 heavy (non-hydrogen) atoms. The average Bonchev–Trinajstić information content (AvgIpc) is 2.50. The normalized spacial score (nSPS) is 11.9. The van der Waals surface area contributed by atoms with Crippen LogP contribution in [-0.2, 0) is 10.0 Å². The minimum atomic E-state index is -3.94. The Hall–Kier alpha value is -2.58. The van der Waals surface area contributed by atoms with E-state index in [4.69, 9.17) is 0 Å². The molecule has 0 aromatic heterocycles. The monoisotopic (exact) mass is 340 g/mol. The lowest BCUT2D eigenvalue weighted by atomic mass is 10.1. The zero-order valence-electron chi connectivity index (χ0n) is 14.2. The number of nitriles is 1. The number of nitrogens with zero attached hydrogens (tertiary/aromatic N) is 1. The molecule has 0 saturated heterocycles. The van der Waals surface area contributed by atoms with Gasteiger partial charge in [0.05, 0.1) is 5.69 Å². The standard InChI is InChI=1S/C19H20N2O2S/c1-13-6-8-19(16(4)9-13)21-24(22,23)18(12-20)11-17-10-14(2)5-7-15(17)3/h5-11,21H,1-4H3. The van der Waals surface area contributed by atoms with E-state index in [2.05, 4.69) is 4.72 Å². The number of rotatable bonds is 4. The highest BCUT2D eigenvalue weighted by Crippen LogP contribution is 2.22. The Kier molecular flexibility index (Phi) is 5.10. The number of hydrogen-bond acceptors (Lipinski definition) is 3. The summed E-state index contributed by atoms with van der Waals surface area (Å²) in [7, 11) is -3.94. The number of aryl methyl sites for hydroxylation is 4. The predicted molar refractivity (Wildman–Crippen MR) is 98.0 cm³/mol. The maximum Gasteiger partial charge on any atom is 0.272 e. The van der Waals surface area contributed by atoms with E-state index in [0.717, 1.165) is 27.8 Å². The van der Waals surface area contributed by atoms with E-state index in [1.54, 1.807) is 12.1 Å². The summed E-state index contributed by atoms with van der Waals surface area (Å²) in [5, 5.41) is 9.34. The predicted octanol–water partition coefficient (Wildman–Crippen LogP) is 4.23. The maximum absolute atomic E-state index is 12.6. The molecule has 0 saturated carbocycles. The van der Waals surface area contributed by atoms with Crippen LogP contribution in [0.4, 0.5) is 5.69 Å². The smallest absolute Gasteiger partial charge is 0.272 e. The van der Waals surface area contributed by atoms with E-state index in [0.29, 0.717) is 5.69 Å². The van der Waals surface area contributed by atoms with Crippen LogP contribution in [0.1, 0.15) is 27.8 Å². The van der Waals surface area contributed by atoms with Crippen LogP contribution in [-0.4, -0.2) is 8.42 Å². The third kappa shape index (κ3) is 4.03. The first-order valence-electron chi connectivity index (χ1n) is 7.52. The summed E-state index contributed by atoms with van der Waals surface area (Å²) in [5.41, 5.74) is 4.96. The molecule has 2 aromatic carbocycles. The van der Waals surface area contributed by atoms with E-state index in [-0.39, 0.29) is 4.91 Å². The summed E-state index contributed by atoms with van der Waals surface area (Å²) in [4.78, 5) is -0.309. The summed E-state index contributed by atoms with van der Waals surface area (Å²) >= 11 is 0. The largest absolute Gasteiger partial charge is 0.279 e. The van der Waals surface area contributed by atoms with Crippen molar-refractivity contribution in [2.24, 2.45) is 0 Å². The van der Waals surface area contributed by atoms with Gasteiger partial charge in [0.2, 0.25) is 0 Å². The number of anilines is 1. The van der Waals surface area contributed by atoms with Crippen molar-refractivity contribution in [2.45, 2.75) is 27.7 Å². The van der Waals surface area contributed by atoms with Gasteiger partial charge in [0.25, 0.3) is 10.0 Å². The van der Waals surface area contributed by atoms with Crippen LogP contribution in [0, 0.1) is 39.0 Å². The molecule has 0 amide bonds. The Labute approximate surface area is 143 Å². The lowest BCUT2D eigenvalue weighted by molar-refractivity contribution is 0.608. The third-order valence-corrected chi connectivity index (χ3v) is 5.02. The highest BCUT2D eigenvalue weighted by Gasteiger charge is 2.19. The van der Waals surface area contributed by atoms with Crippen molar-refractivity contribution in [1.82, 2.24) is 0 Å². The molecular weight excluding hydrogens is 320 g/mol. The van der Waals surface area contributed by atoms with E-state index in [1.165, 1.54) is 6.08 Å². The van der Waals surface area contributed by atoms with Gasteiger partial charge in [-0.1, -0.05) is 41.5 Å². The molecule has 0 heterocycles. The van der Waals surface area contributed by atoms with Gasteiger partial charge in [0.1, 0.15) is 6.07 Å². The van der Waals surface area contributed by atoms with E-state index >= 15 is 0 Å². The molecule has 0 fully saturated rings. The first-order valence-corrected chi connectivity index (χ1v) is 9.00. The summed E-state index contributed by atoms with van der Waals surface area (Å²) < 4.78 is 27.6. The summed E-state index contributed by atoms with van der Waals surface area (Å²) in [6.45, 7) is 7.56. The van der Waals surface area contributed by atoms with Crippen LogP contribution in [0.3, 0.4) is 0 Å². The summed E-state index contributed by atoms with van der Waals surface area (Å²) in [6, 6.07) is 12.9. The first kappa shape index (κ1) is 17.8. The second kappa shape index (κ2) is 6.90. The molecule has 0 bridgehead atoms. The molecule has 0 radical (unpaired) electrons. The van der Waals surface area contributed by atoms with Gasteiger partial charge in [0.15, 0.2) is 4.91 Å². The highest BCUT2D eigenvalue weighted by atomic mass is 32.2. The second-order valence-electron chi connectivity index (χ2n) is 5.90. The molecule has 0 atom stereocenters. The molecule has 2 aromatic rings. The number of benzene rings is 2. The molecule has 0 aliphatic rings. The van der Waals surface area contributed by atoms with Gasteiger partial charge in [-0.2, -0.15) is 5.26 Å². The van der Waals surface area contributed by atoms with Crippen LogP contribution in [0.5, 0.6) is 0 Å². The summed E-state index contributed by atoms with van der Waals surface area (Å²) in [6.07, 6.45) is 1.41. The van der Waals surface area contributed by atoms with Gasteiger partial charge >= 0.3 is 0 Å². The first-order chi connectivity index (χ1) is 11.2. The summed E-state index contributed by atoms with van der Waals surface area (Å²) in [5.74, 6) is 0. The Bertz CT molecular complexity index is 952. The molecule has 0 aliphatic heterocycles. The zero-order chi connectivity index (χ0) is 17.9. The molecule has 0 aliphatic carbocycles. The molecule has 0 spiro atoms. The molecule has 4 nitrogen and oxygen atoms in total. The molecule has 124 valence electrons. The Balaban J connectivity index is 2.43. The maximum atomic E-state index is 12.6. The average molecular weight is 340 g/mol. The van der Waals surface area contributed by atoms with Crippen molar-refractivity contribution in [3.63, 3.8) is 0 Å². The molecule has 2 rings (SSSR count). The Morgan fingerprint density at radius 2 is 1.62 bits per heavy atom. The fourth-order valence-corrected chi connectivity index (χ4v) is 3.39. The number of allylic oxidation sites excluding steroid dienone is 1. The van der Waals surface area contributed by atoms with E-state index < -0.39 is 10.0 Å². The highest BCUT2D eigenvalue weighted by molar-refractivity contribution is 7.97. The van der Waals surface area contributed by atoms with Crippen LogP contribution in [0.2, 0.25) is 0 Å². The third-order valence-electron chi connectivity index (χ3n) is 3.75. The van der Waals surface area contributed by atoms with Crippen molar-refractivity contribution < 1.29 is 8.42 Å². The molecule has 1 N–H and O–H groups in total. The lowest BCUT2D eigenvalue weighted by Gasteiger charge is -2.11. The SMILES string of the molecule is Cc1ccc(NS(=O)(=O)C(C#N)=Cc2cc(C)ccc2C)c(C)c1. The van der Waals surface area contributed by atoms with Crippen LogP contribution >= 0.6 is 0 Å². The van der Waals surface area contributed by atoms with Crippen molar-refractivity contribution in [3.8, 4) is 6.07 Å². The second-order valence-corrected chi connectivity index (χ2v) is 7.56. The fourth-order valence-electron chi connectivity index (χ4n) is 2.35. The van der Waals surface area contributed by atoms with Crippen LogP contribution < -0.4 is 4.72 Å². The lowest BCUT2D eigenvalue weighted by Crippen LogP contribution is -2.15. The zero-order valence-corrected chi connectivity index (χ0v) is 15.0. The van der Waals surface area contributed by atoms with Crippen molar-refractivity contribution in [2.75, 3.05) is 4.72 Å². The van der Waals surface area contributed by atoms with Gasteiger partial charge in [0, 0.05) is 0 Å². The van der Waals surface area contributed by atoms with E-state index in [1.807, 2.05) is 58.0 Å². The van der Waals surface area contributed by atoms with E-state index in [9.17, 15) is 13.7 Å².